The number of hydrogen-bond donors (Lipinski definition) is 2. The van der Waals surface area contributed by atoms with Crippen molar-refractivity contribution in [1.82, 2.24) is 5.43 Å². The van der Waals surface area contributed by atoms with Gasteiger partial charge in [-0.3, -0.25) is 11.3 Å². The molecule has 0 saturated heterocycles. The van der Waals surface area contributed by atoms with Crippen LogP contribution in [-0.2, 0) is 6.42 Å². The van der Waals surface area contributed by atoms with E-state index in [1.54, 1.807) is 6.07 Å². The SMILES string of the molecule is CC(C)c1ccc(CC(NN)c2cc(Cl)cc(Cl)c2)cc1. The first-order valence-corrected chi connectivity index (χ1v) is 7.76. The number of rotatable bonds is 5. The van der Waals surface area contributed by atoms with Crippen molar-refractivity contribution in [2.45, 2.75) is 32.2 Å². The summed E-state index contributed by atoms with van der Waals surface area (Å²) in [6.07, 6.45) is 0.783. The molecule has 21 heavy (non-hydrogen) atoms. The Balaban J connectivity index is 2.18. The third-order valence-electron chi connectivity index (χ3n) is 3.57. The van der Waals surface area contributed by atoms with Crippen LogP contribution in [0.5, 0.6) is 0 Å². The van der Waals surface area contributed by atoms with Crippen LogP contribution in [0.15, 0.2) is 42.5 Å². The Morgan fingerprint density at radius 2 is 1.52 bits per heavy atom. The van der Waals surface area contributed by atoms with Crippen LogP contribution in [0.4, 0.5) is 0 Å². The van der Waals surface area contributed by atoms with Gasteiger partial charge < -0.3 is 0 Å². The normalized spacial score (nSPS) is 12.7. The molecule has 0 aliphatic rings. The zero-order valence-corrected chi connectivity index (χ0v) is 13.7. The summed E-state index contributed by atoms with van der Waals surface area (Å²) < 4.78 is 0. The summed E-state index contributed by atoms with van der Waals surface area (Å²) in [4.78, 5) is 0. The van der Waals surface area contributed by atoms with Crippen LogP contribution in [0.1, 0.15) is 42.5 Å². The number of nitrogens with one attached hydrogen (secondary N) is 1. The summed E-state index contributed by atoms with van der Waals surface area (Å²) in [5.74, 6) is 6.23. The molecule has 112 valence electrons. The molecule has 0 aliphatic carbocycles. The number of halogens is 2. The van der Waals surface area contributed by atoms with E-state index in [1.807, 2.05) is 12.1 Å². The van der Waals surface area contributed by atoms with Crippen LogP contribution in [0.3, 0.4) is 0 Å². The van der Waals surface area contributed by atoms with E-state index in [0.29, 0.717) is 16.0 Å². The molecule has 0 bridgehead atoms. The zero-order chi connectivity index (χ0) is 15.4. The molecule has 0 fully saturated rings. The van der Waals surface area contributed by atoms with Crippen molar-refractivity contribution in [2.24, 2.45) is 5.84 Å². The number of benzene rings is 2. The van der Waals surface area contributed by atoms with Gasteiger partial charge in [-0.1, -0.05) is 61.3 Å². The van der Waals surface area contributed by atoms with Gasteiger partial charge in [0.15, 0.2) is 0 Å². The quantitative estimate of drug-likeness (QED) is 0.609. The van der Waals surface area contributed by atoms with Gasteiger partial charge in [-0.25, -0.2) is 0 Å². The third kappa shape index (κ3) is 4.45. The van der Waals surface area contributed by atoms with Crippen LogP contribution >= 0.6 is 23.2 Å². The summed E-state index contributed by atoms with van der Waals surface area (Å²) in [6.45, 7) is 4.38. The van der Waals surface area contributed by atoms with Gasteiger partial charge in [-0.15, -0.1) is 0 Å². The fourth-order valence-corrected chi connectivity index (χ4v) is 2.87. The summed E-state index contributed by atoms with van der Waals surface area (Å²) in [5.41, 5.74) is 6.39. The van der Waals surface area contributed by atoms with Gasteiger partial charge in [0.1, 0.15) is 0 Å². The lowest BCUT2D eigenvalue weighted by molar-refractivity contribution is 0.552. The van der Waals surface area contributed by atoms with Crippen molar-refractivity contribution in [1.29, 1.82) is 0 Å². The minimum atomic E-state index is -0.0221. The smallest absolute Gasteiger partial charge is 0.0501 e. The maximum atomic E-state index is 6.06. The molecule has 0 spiro atoms. The lowest BCUT2D eigenvalue weighted by Crippen LogP contribution is -2.29. The van der Waals surface area contributed by atoms with E-state index in [4.69, 9.17) is 29.0 Å². The average Bonchev–Trinajstić information content (AvgIpc) is 2.44. The van der Waals surface area contributed by atoms with E-state index in [2.05, 4.69) is 43.5 Å². The predicted molar refractivity (Wildman–Crippen MR) is 90.8 cm³/mol. The van der Waals surface area contributed by atoms with Gasteiger partial charge in [0.25, 0.3) is 0 Å². The fourth-order valence-electron chi connectivity index (χ4n) is 2.32. The van der Waals surface area contributed by atoms with Crippen LogP contribution in [0.25, 0.3) is 0 Å². The fraction of sp³-hybridized carbons (Fsp3) is 0.294. The van der Waals surface area contributed by atoms with Crippen molar-refractivity contribution in [3.05, 3.63) is 69.2 Å². The first-order valence-electron chi connectivity index (χ1n) is 7.00. The maximum Gasteiger partial charge on any atom is 0.0501 e. The molecule has 0 radical (unpaired) electrons. The molecule has 2 aromatic carbocycles. The van der Waals surface area contributed by atoms with Crippen LogP contribution < -0.4 is 11.3 Å². The van der Waals surface area contributed by atoms with Crippen molar-refractivity contribution >= 4 is 23.2 Å². The molecular weight excluding hydrogens is 303 g/mol. The molecule has 0 heterocycles. The van der Waals surface area contributed by atoms with E-state index in [1.165, 1.54) is 11.1 Å². The van der Waals surface area contributed by atoms with Crippen molar-refractivity contribution in [2.75, 3.05) is 0 Å². The largest absolute Gasteiger partial charge is 0.271 e. The molecule has 3 N–H and O–H groups in total. The molecule has 1 unspecified atom stereocenters. The van der Waals surface area contributed by atoms with E-state index in [9.17, 15) is 0 Å². The molecule has 2 aromatic rings. The minimum absolute atomic E-state index is 0.0221. The van der Waals surface area contributed by atoms with Gasteiger partial charge >= 0.3 is 0 Å². The van der Waals surface area contributed by atoms with Crippen molar-refractivity contribution < 1.29 is 0 Å². The highest BCUT2D eigenvalue weighted by molar-refractivity contribution is 6.34. The third-order valence-corrected chi connectivity index (χ3v) is 4.01. The lowest BCUT2D eigenvalue weighted by Gasteiger charge is -2.17. The van der Waals surface area contributed by atoms with E-state index in [0.717, 1.165) is 12.0 Å². The van der Waals surface area contributed by atoms with Gasteiger partial charge in [-0.2, -0.15) is 0 Å². The highest BCUT2D eigenvalue weighted by Gasteiger charge is 2.12. The summed E-state index contributed by atoms with van der Waals surface area (Å²) >= 11 is 12.1. The van der Waals surface area contributed by atoms with Gasteiger partial charge in [0.05, 0.1) is 6.04 Å². The average molecular weight is 323 g/mol. The van der Waals surface area contributed by atoms with Gasteiger partial charge in [0, 0.05) is 10.0 Å². The van der Waals surface area contributed by atoms with E-state index < -0.39 is 0 Å². The Morgan fingerprint density at radius 1 is 0.952 bits per heavy atom. The minimum Gasteiger partial charge on any atom is -0.271 e. The van der Waals surface area contributed by atoms with Crippen LogP contribution in [0.2, 0.25) is 10.0 Å². The van der Waals surface area contributed by atoms with Gasteiger partial charge in [0.2, 0.25) is 0 Å². The Hall–Kier alpha value is -1.06. The van der Waals surface area contributed by atoms with Crippen LogP contribution in [0, 0.1) is 0 Å². The zero-order valence-electron chi connectivity index (χ0n) is 12.2. The van der Waals surface area contributed by atoms with Crippen molar-refractivity contribution in [3.8, 4) is 0 Å². The number of hydrazine groups is 1. The molecule has 0 saturated carbocycles. The second-order valence-corrected chi connectivity index (χ2v) is 6.40. The molecule has 1 atom stereocenters. The molecule has 0 amide bonds. The Labute approximate surface area is 136 Å². The second kappa shape index (κ2) is 7.28. The van der Waals surface area contributed by atoms with Crippen LogP contribution in [-0.4, -0.2) is 0 Å². The monoisotopic (exact) mass is 322 g/mol. The summed E-state index contributed by atoms with van der Waals surface area (Å²) in [6, 6.07) is 14.1. The molecule has 2 rings (SSSR count). The van der Waals surface area contributed by atoms with Crippen molar-refractivity contribution in [3.63, 3.8) is 0 Å². The topological polar surface area (TPSA) is 38.0 Å². The molecule has 0 aromatic heterocycles. The number of nitrogens with two attached hydrogens (primary N) is 1. The standard InChI is InChI=1S/C17H20Cl2N2/c1-11(2)13-5-3-12(4-6-13)7-17(21-20)14-8-15(18)10-16(19)9-14/h3-6,8-11,17,21H,7,20H2,1-2H3. The molecule has 4 heteroatoms. The second-order valence-electron chi connectivity index (χ2n) is 5.52. The summed E-state index contributed by atoms with van der Waals surface area (Å²) in [7, 11) is 0. The highest BCUT2D eigenvalue weighted by atomic mass is 35.5. The molecule has 2 nitrogen and oxygen atoms in total. The first kappa shape index (κ1) is 16.3. The highest BCUT2D eigenvalue weighted by Crippen LogP contribution is 2.26. The summed E-state index contributed by atoms with van der Waals surface area (Å²) in [5, 5.41) is 1.24. The van der Waals surface area contributed by atoms with E-state index in [-0.39, 0.29) is 6.04 Å². The lowest BCUT2D eigenvalue weighted by atomic mass is 9.96. The first-order chi connectivity index (χ1) is 9.99. The molecule has 0 aliphatic heterocycles. The van der Waals surface area contributed by atoms with Gasteiger partial charge in [-0.05, 0) is 47.2 Å². The van der Waals surface area contributed by atoms with E-state index >= 15 is 0 Å². The Kier molecular flexibility index (Phi) is 5.65. The molecular formula is C17H20Cl2N2. The number of hydrogen-bond acceptors (Lipinski definition) is 2. The Morgan fingerprint density at radius 3 is 2.00 bits per heavy atom. The Bertz CT molecular complexity index is 574. The predicted octanol–water partition coefficient (Wildman–Crippen LogP) is 4.86. The maximum absolute atomic E-state index is 6.06.